The Morgan fingerprint density at radius 1 is 1.10 bits per heavy atom. The molecule has 2 heterocycles. The van der Waals surface area contributed by atoms with E-state index in [-0.39, 0.29) is 18.0 Å². The van der Waals surface area contributed by atoms with E-state index < -0.39 is 0 Å². The van der Waals surface area contributed by atoms with E-state index in [1.165, 1.54) is 22.2 Å². The lowest BCUT2D eigenvalue weighted by Crippen LogP contribution is -2.28. The smallest absolute Gasteiger partial charge is 0.306 e. The van der Waals surface area contributed by atoms with Gasteiger partial charge in [0.15, 0.2) is 0 Å². The first kappa shape index (κ1) is 22.2. The van der Waals surface area contributed by atoms with Crippen LogP contribution >= 0.6 is 23.2 Å². The van der Waals surface area contributed by atoms with Crippen LogP contribution in [0, 0.1) is 0 Å². The number of hydrogen-bond donors (Lipinski definition) is 0. The van der Waals surface area contributed by atoms with Crippen molar-refractivity contribution < 1.29 is 9.53 Å². The Kier molecular flexibility index (Phi) is 6.61. The molecule has 4 nitrogen and oxygen atoms in total. The molecule has 0 aliphatic carbocycles. The molecular weight excluding hydrogens is 431 g/mol. The maximum atomic E-state index is 12.6. The number of ether oxygens (including phenoxy) is 1. The van der Waals surface area contributed by atoms with Gasteiger partial charge >= 0.3 is 5.97 Å². The highest BCUT2D eigenvalue weighted by Gasteiger charge is 2.26. The zero-order chi connectivity index (χ0) is 22.1. The highest BCUT2D eigenvalue weighted by molar-refractivity contribution is 6.31. The summed E-state index contributed by atoms with van der Waals surface area (Å²) in [5.74, 6) is -0.202. The van der Waals surface area contributed by atoms with Crippen LogP contribution in [0.15, 0.2) is 42.5 Å². The number of nitrogens with zero attached hydrogens (tertiary/aromatic N) is 2. The summed E-state index contributed by atoms with van der Waals surface area (Å²) in [5, 5.41) is 2.66. The molecule has 0 saturated heterocycles. The van der Waals surface area contributed by atoms with Crippen LogP contribution in [0.3, 0.4) is 0 Å². The minimum atomic E-state index is -0.180. The molecule has 0 fully saturated rings. The van der Waals surface area contributed by atoms with Crippen molar-refractivity contribution in [3.05, 3.63) is 69.3 Å². The van der Waals surface area contributed by atoms with Gasteiger partial charge in [-0.05, 0) is 68.8 Å². The van der Waals surface area contributed by atoms with E-state index >= 15 is 0 Å². The number of carbonyl (C=O) groups excluding carboxylic acids is 1. The lowest BCUT2D eigenvalue weighted by molar-refractivity contribution is -0.147. The molecule has 1 aliphatic heterocycles. The summed E-state index contributed by atoms with van der Waals surface area (Å²) in [6.45, 7) is 6.36. The second kappa shape index (κ2) is 9.23. The van der Waals surface area contributed by atoms with Gasteiger partial charge in [-0.2, -0.15) is 0 Å². The Bertz CT molecular complexity index is 1090. The lowest BCUT2D eigenvalue weighted by Gasteiger charge is -2.26. The maximum Gasteiger partial charge on any atom is 0.306 e. The molecule has 3 aromatic rings. The first-order chi connectivity index (χ1) is 14.8. The van der Waals surface area contributed by atoms with Crippen LogP contribution in [0.1, 0.15) is 43.0 Å². The molecule has 2 aromatic carbocycles. The summed E-state index contributed by atoms with van der Waals surface area (Å²) < 4.78 is 7.85. The fourth-order valence-corrected chi connectivity index (χ4v) is 4.81. The topological polar surface area (TPSA) is 34.5 Å². The van der Waals surface area contributed by atoms with Crippen molar-refractivity contribution in [2.45, 2.75) is 51.8 Å². The molecule has 4 rings (SSSR count). The minimum Gasteiger partial charge on any atom is -0.463 e. The number of likely N-dealkylation sites (N-methyl/N-ethyl adjacent to an activating group) is 1. The molecule has 0 spiro atoms. The largest absolute Gasteiger partial charge is 0.463 e. The summed E-state index contributed by atoms with van der Waals surface area (Å²) in [6, 6.07) is 13.9. The third kappa shape index (κ3) is 4.92. The number of carbonyl (C=O) groups is 1. The van der Waals surface area contributed by atoms with Gasteiger partial charge in [0.2, 0.25) is 0 Å². The summed E-state index contributed by atoms with van der Waals surface area (Å²) in [6.07, 6.45) is 1.18. The van der Waals surface area contributed by atoms with Crippen LogP contribution in [0.4, 0.5) is 0 Å². The van der Waals surface area contributed by atoms with E-state index in [1.807, 2.05) is 44.2 Å². The second-order valence-corrected chi connectivity index (χ2v) is 9.55. The van der Waals surface area contributed by atoms with Gasteiger partial charge in [0.05, 0.1) is 12.5 Å². The standard InChI is InChI=1S/C25H28Cl2N2O2/c1-16(2)31-25(30)12-18(17-4-6-19(26)7-5-17)14-29-23-9-8-20(27)13-22(23)21-10-11-28(3)15-24(21)29/h4-9,13,16,18H,10-12,14-15H2,1-3H3. The Labute approximate surface area is 193 Å². The van der Waals surface area contributed by atoms with Gasteiger partial charge in [0, 0.05) is 52.2 Å². The fourth-order valence-electron chi connectivity index (χ4n) is 4.51. The number of hydrogen-bond acceptors (Lipinski definition) is 3. The number of rotatable bonds is 6. The third-order valence-electron chi connectivity index (χ3n) is 5.94. The average molecular weight is 459 g/mol. The molecule has 0 saturated carbocycles. The number of fused-ring (bicyclic) bond motifs is 3. The predicted molar refractivity (Wildman–Crippen MR) is 127 cm³/mol. The molecule has 31 heavy (non-hydrogen) atoms. The van der Waals surface area contributed by atoms with Gasteiger partial charge in [0.25, 0.3) is 0 Å². The Morgan fingerprint density at radius 2 is 1.81 bits per heavy atom. The highest BCUT2D eigenvalue weighted by Crippen LogP contribution is 2.35. The van der Waals surface area contributed by atoms with Crippen molar-refractivity contribution >= 4 is 40.1 Å². The van der Waals surface area contributed by atoms with E-state index in [4.69, 9.17) is 27.9 Å². The lowest BCUT2D eigenvalue weighted by atomic mass is 9.95. The summed E-state index contributed by atoms with van der Waals surface area (Å²) in [5.41, 5.74) is 4.93. The summed E-state index contributed by atoms with van der Waals surface area (Å²) in [4.78, 5) is 14.9. The van der Waals surface area contributed by atoms with Crippen molar-refractivity contribution in [2.24, 2.45) is 0 Å². The summed E-state index contributed by atoms with van der Waals surface area (Å²) in [7, 11) is 2.15. The molecule has 0 amide bonds. The number of aromatic nitrogens is 1. The number of halogens is 2. The maximum absolute atomic E-state index is 12.6. The second-order valence-electron chi connectivity index (χ2n) is 8.68. The Hall–Kier alpha value is -2.01. The van der Waals surface area contributed by atoms with E-state index in [9.17, 15) is 4.79 Å². The molecule has 0 N–H and O–H groups in total. The quantitative estimate of drug-likeness (QED) is 0.420. The molecule has 1 unspecified atom stereocenters. The van der Waals surface area contributed by atoms with Crippen molar-refractivity contribution in [3.63, 3.8) is 0 Å². The predicted octanol–water partition coefficient (Wildman–Crippen LogP) is 6.06. The SMILES string of the molecule is CC(C)OC(=O)CC(Cn1c2c(c3cc(Cl)ccc31)CCN(C)C2)c1ccc(Cl)cc1. The van der Waals surface area contributed by atoms with Gasteiger partial charge in [-0.25, -0.2) is 0 Å². The van der Waals surface area contributed by atoms with Crippen LogP contribution in [-0.2, 0) is 29.0 Å². The highest BCUT2D eigenvalue weighted by atomic mass is 35.5. The molecule has 1 aliphatic rings. The van der Waals surface area contributed by atoms with Gasteiger partial charge in [0.1, 0.15) is 0 Å². The van der Waals surface area contributed by atoms with Crippen LogP contribution in [0.2, 0.25) is 10.0 Å². The number of esters is 1. The van der Waals surface area contributed by atoms with Gasteiger partial charge in [-0.3, -0.25) is 4.79 Å². The zero-order valence-electron chi connectivity index (χ0n) is 18.2. The molecule has 1 aromatic heterocycles. The van der Waals surface area contributed by atoms with Crippen LogP contribution in [0.5, 0.6) is 0 Å². The van der Waals surface area contributed by atoms with E-state index in [2.05, 4.69) is 28.6 Å². The summed E-state index contributed by atoms with van der Waals surface area (Å²) >= 11 is 12.5. The molecular formula is C25H28Cl2N2O2. The minimum absolute atomic E-state index is 0.0221. The van der Waals surface area contributed by atoms with Crippen molar-refractivity contribution in [3.8, 4) is 0 Å². The van der Waals surface area contributed by atoms with E-state index in [0.29, 0.717) is 18.0 Å². The van der Waals surface area contributed by atoms with Crippen molar-refractivity contribution in [1.82, 2.24) is 9.47 Å². The average Bonchev–Trinajstić information content (AvgIpc) is 2.99. The molecule has 1 atom stereocenters. The van der Waals surface area contributed by atoms with Crippen LogP contribution in [-0.4, -0.2) is 35.1 Å². The molecule has 164 valence electrons. The van der Waals surface area contributed by atoms with Gasteiger partial charge in [-0.1, -0.05) is 35.3 Å². The molecule has 6 heteroatoms. The Morgan fingerprint density at radius 3 is 2.52 bits per heavy atom. The van der Waals surface area contributed by atoms with Gasteiger partial charge in [-0.15, -0.1) is 0 Å². The molecule has 0 radical (unpaired) electrons. The van der Waals surface area contributed by atoms with Gasteiger partial charge < -0.3 is 14.2 Å². The fraction of sp³-hybridized carbons (Fsp3) is 0.400. The van der Waals surface area contributed by atoms with Crippen molar-refractivity contribution in [2.75, 3.05) is 13.6 Å². The zero-order valence-corrected chi connectivity index (χ0v) is 19.7. The monoisotopic (exact) mass is 458 g/mol. The number of benzene rings is 2. The van der Waals surface area contributed by atoms with E-state index in [1.54, 1.807) is 0 Å². The van der Waals surface area contributed by atoms with Crippen molar-refractivity contribution in [1.29, 1.82) is 0 Å². The van der Waals surface area contributed by atoms with Crippen LogP contribution < -0.4 is 0 Å². The third-order valence-corrected chi connectivity index (χ3v) is 6.42. The Balaban J connectivity index is 1.76. The normalized spacial score (nSPS) is 15.3. The first-order valence-electron chi connectivity index (χ1n) is 10.7. The first-order valence-corrected chi connectivity index (χ1v) is 11.5. The van der Waals surface area contributed by atoms with E-state index in [0.717, 1.165) is 30.1 Å². The molecule has 0 bridgehead atoms. The van der Waals surface area contributed by atoms with Crippen LogP contribution in [0.25, 0.3) is 10.9 Å².